The molecular weight excluding hydrogens is 401 g/mol. The molecule has 1 aromatic carbocycles. The van der Waals surface area contributed by atoms with Crippen molar-refractivity contribution in [3.63, 3.8) is 0 Å². The van der Waals surface area contributed by atoms with E-state index in [-0.39, 0.29) is 27.7 Å². The van der Waals surface area contributed by atoms with E-state index in [2.05, 4.69) is 46.3 Å². The molecule has 0 fully saturated rings. The van der Waals surface area contributed by atoms with Crippen molar-refractivity contribution in [2.24, 2.45) is 10.7 Å². The van der Waals surface area contributed by atoms with Crippen molar-refractivity contribution >= 4 is 55.0 Å². The van der Waals surface area contributed by atoms with Crippen molar-refractivity contribution in [3.05, 3.63) is 15.0 Å². The van der Waals surface area contributed by atoms with Crippen LogP contribution < -0.4 is 15.2 Å². The molecule has 18 heavy (non-hydrogen) atoms. The minimum absolute atomic E-state index is 0.0173. The number of rotatable bonds is 2. The molecule has 2 rings (SSSR count). The summed E-state index contributed by atoms with van der Waals surface area (Å²) in [6.07, 6.45) is -3.69. The molecule has 0 bridgehead atoms. The van der Waals surface area contributed by atoms with E-state index in [0.29, 0.717) is 10.2 Å². The number of aliphatic imine (C=N–C) groups is 1. The van der Waals surface area contributed by atoms with Gasteiger partial charge in [-0.1, -0.05) is 0 Å². The van der Waals surface area contributed by atoms with Crippen molar-refractivity contribution in [2.45, 2.75) is 6.29 Å². The van der Waals surface area contributed by atoms with E-state index in [9.17, 15) is 8.78 Å². The standard InChI is InChI=1S/C9H5Br2ClF2N2O2/c10-3-1-4-8(18-9(13,14)17-4)6(11)7(3)16-5(15)2-12/h1H,2H2,(H2,15,16). The molecular formula is C9H5Br2ClF2N2O2. The number of amidine groups is 1. The maximum Gasteiger partial charge on any atom is 0.586 e. The monoisotopic (exact) mass is 404 g/mol. The van der Waals surface area contributed by atoms with Crippen LogP contribution in [-0.2, 0) is 0 Å². The Labute approximate surface area is 122 Å². The zero-order chi connectivity index (χ0) is 13.5. The van der Waals surface area contributed by atoms with E-state index in [0.717, 1.165) is 0 Å². The first-order valence-corrected chi connectivity index (χ1v) is 6.63. The first-order chi connectivity index (χ1) is 8.34. The van der Waals surface area contributed by atoms with Gasteiger partial charge in [0.05, 0.1) is 16.0 Å². The number of benzene rings is 1. The number of hydrogen-bond donors (Lipinski definition) is 1. The van der Waals surface area contributed by atoms with Crippen LogP contribution in [0.25, 0.3) is 0 Å². The Balaban J connectivity index is 2.54. The Morgan fingerprint density at radius 1 is 1.44 bits per heavy atom. The number of alkyl halides is 3. The van der Waals surface area contributed by atoms with Crippen LogP contribution in [0.2, 0.25) is 0 Å². The fraction of sp³-hybridized carbons (Fsp3) is 0.222. The molecule has 0 saturated carbocycles. The summed E-state index contributed by atoms with van der Waals surface area (Å²) in [5, 5.41) is 0. The predicted molar refractivity (Wildman–Crippen MR) is 70.0 cm³/mol. The minimum atomic E-state index is -3.69. The lowest BCUT2D eigenvalue weighted by Crippen LogP contribution is -2.26. The van der Waals surface area contributed by atoms with Crippen LogP contribution in [0.1, 0.15) is 0 Å². The lowest BCUT2D eigenvalue weighted by atomic mass is 10.3. The summed E-state index contributed by atoms with van der Waals surface area (Å²) in [5.74, 6) is -0.0705. The summed E-state index contributed by atoms with van der Waals surface area (Å²) >= 11 is 11.8. The third-order valence-corrected chi connectivity index (χ3v) is 3.57. The molecule has 0 spiro atoms. The zero-order valence-electron chi connectivity index (χ0n) is 8.52. The molecule has 1 heterocycles. The van der Waals surface area contributed by atoms with Crippen molar-refractivity contribution < 1.29 is 18.3 Å². The van der Waals surface area contributed by atoms with Gasteiger partial charge in [0.25, 0.3) is 0 Å². The van der Waals surface area contributed by atoms with E-state index in [1.165, 1.54) is 6.07 Å². The van der Waals surface area contributed by atoms with Crippen LogP contribution in [0, 0.1) is 0 Å². The highest BCUT2D eigenvalue weighted by atomic mass is 79.9. The Morgan fingerprint density at radius 3 is 2.72 bits per heavy atom. The third-order valence-electron chi connectivity index (χ3n) is 1.96. The average Bonchev–Trinajstić information content (AvgIpc) is 2.59. The van der Waals surface area contributed by atoms with Gasteiger partial charge in [0.1, 0.15) is 5.84 Å². The second-order valence-corrected chi connectivity index (χ2v) is 5.17. The molecule has 4 nitrogen and oxygen atoms in total. The summed E-state index contributed by atoms with van der Waals surface area (Å²) in [6, 6.07) is 1.32. The van der Waals surface area contributed by atoms with Crippen molar-refractivity contribution in [2.75, 3.05) is 5.88 Å². The van der Waals surface area contributed by atoms with Gasteiger partial charge in [-0.15, -0.1) is 20.4 Å². The molecule has 98 valence electrons. The van der Waals surface area contributed by atoms with E-state index in [1.807, 2.05) is 0 Å². The van der Waals surface area contributed by atoms with Gasteiger partial charge in [-0.2, -0.15) is 0 Å². The third kappa shape index (κ3) is 2.55. The van der Waals surface area contributed by atoms with Crippen molar-refractivity contribution in [1.82, 2.24) is 0 Å². The van der Waals surface area contributed by atoms with Gasteiger partial charge in [0, 0.05) is 10.5 Å². The maximum absolute atomic E-state index is 12.9. The molecule has 1 aliphatic heterocycles. The lowest BCUT2D eigenvalue weighted by Gasteiger charge is -2.06. The molecule has 1 aromatic rings. The van der Waals surface area contributed by atoms with Gasteiger partial charge >= 0.3 is 6.29 Å². The molecule has 9 heteroatoms. The maximum atomic E-state index is 12.9. The van der Waals surface area contributed by atoms with E-state index < -0.39 is 6.29 Å². The minimum Gasteiger partial charge on any atom is -0.395 e. The number of nitrogens with two attached hydrogens (primary N) is 1. The topological polar surface area (TPSA) is 56.8 Å². The largest absolute Gasteiger partial charge is 0.586 e. The Hall–Kier alpha value is -0.600. The summed E-state index contributed by atoms with van der Waals surface area (Å²) in [5.41, 5.74) is 5.80. The van der Waals surface area contributed by atoms with Crippen LogP contribution in [-0.4, -0.2) is 18.0 Å². The smallest absolute Gasteiger partial charge is 0.395 e. The van der Waals surface area contributed by atoms with E-state index in [1.54, 1.807) is 0 Å². The lowest BCUT2D eigenvalue weighted by molar-refractivity contribution is -0.286. The normalized spacial score (nSPS) is 17.1. The van der Waals surface area contributed by atoms with Crippen LogP contribution in [0.15, 0.2) is 20.0 Å². The Morgan fingerprint density at radius 2 is 2.11 bits per heavy atom. The Bertz CT molecular complexity index is 540. The summed E-state index contributed by atoms with van der Waals surface area (Å²) in [4.78, 5) is 3.99. The average molecular weight is 406 g/mol. The predicted octanol–water partition coefficient (Wildman–Crippen LogP) is 3.76. The van der Waals surface area contributed by atoms with Gasteiger partial charge in [-0.25, -0.2) is 4.99 Å². The molecule has 0 unspecified atom stereocenters. The van der Waals surface area contributed by atoms with E-state index >= 15 is 0 Å². The number of hydrogen-bond acceptors (Lipinski definition) is 3. The second-order valence-electron chi connectivity index (χ2n) is 3.25. The molecule has 0 amide bonds. The van der Waals surface area contributed by atoms with Crippen LogP contribution in [0.3, 0.4) is 0 Å². The highest BCUT2D eigenvalue weighted by Crippen LogP contribution is 2.52. The molecule has 0 saturated heterocycles. The van der Waals surface area contributed by atoms with Gasteiger partial charge in [-0.05, 0) is 31.9 Å². The van der Waals surface area contributed by atoms with Crippen LogP contribution in [0.5, 0.6) is 11.5 Å². The highest BCUT2D eigenvalue weighted by Gasteiger charge is 2.45. The van der Waals surface area contributed by atoms with Crippen LogP contribution in [0.4, 0.5) is 14.5 Å². The summed E-state index contributed by atoms with van der Waals surface area (Å²) < 4.78 is 35.2. The fourth-order valence-electron chi connectivity index (χ4n) is 1.28. The van der Waals surface area contributed by atoms with Gasteiger partial charge < -0.3 is 15.2 Å². The highest BCUT2D eigenvalue weighted by molar-refractivity contribution is 9.11. The number of fused-ring (bicyclic) bond motifs is 1. The van der Waals surface area contributed by atoms with Gasteiger partial charge in [-0.3, -0.25) is 0 Å². The SMILES string of the molecule is NC(CCl)=Nc1c(Br)cc2c(c1Br)OC(F)(F)O2. The molecule has 2 N–H and O–H groups in total. The van der Waals surface area contributed by atoms with Crippen LogP contribution >= 0.6 is 43.5 Å². The molecule has 0 radical (unpaired) electrons. The van der Waals surface area contributed by atoms with Gasteiger partial charge in [0.2, 0.25) is 0 Å². The van der Waals surface area contributed by atoms with Crippen molar-refractivity contribution in [1.29, 1.82) is 0 Å². The summed E-state index contributed by atoms with van der Waals surface area (Å²) in [6.45, 7) is 0. The number of halogens is 5. The molecule has 0 aromatic heterocycles. The molecule has 1 aliphatic rings. The zero-order valence-corrected chi connectivity index (χ0v) is 12.4. The summed E-state index contributed by atoms with van der Waals surface area (Å²) in [7, 11) is 0. The first kappa shape index (κ1) is 13.8. The first-order valence-electron chi connectivity index (χ1n) is 4.51. The van der Waals surface area contributed by atoms with E-state index in [4.69, 9.17) is 17.3 Å². The van der Waals surface area contributed by atoms with Gasteiger partial charge in [0.15, 0.2) is 11.5 Å². The second kappa shape index (κ2) is 4.82. The number of nitrogens with zero attached hydrogens (tertiary/aromatic N) is 1. The molecule has 0 atom stereocenters. The number of ether oxygens (including phenoxy) is 2. The molecule has 0 aliphatic carbocycles. The fourth-order valence-corrected chi connectivity index (χ4v) is 2.68. The Kier molecular flexibility index (Phi) is 3.70. The quantitative estimate of drug-likeness (QED) is 0.462. The van der Waals surface area contributed by atoms with Crippen molar-refractivity contribution in [3.8, 4) is 11.5 Å².